The zero-order valence-electron chi connectivity index (χ0n) is 11.6. The SMILES string of the molecule is Cc1cccc(CN(C)C(=O)c2cc(N)cc(F)c2)c1. The molecule has 2 aromatic rings. The molecule has 0 aromatic heterocycles. The van der Waals surface area contributed by atoms with Gasteiger partial charge in [0.25, 0.3) is 5.91 Å². The summed E-state index contributed by atoms with van der Waals surface area (Å²) in [5, 5.41) is 0. The maximum Gasteiger partial charge on any atom is 0.254 e. The molecule has 0 saturated heterocycles. The van der Waals surface area contributed by atoms with Crippen molar-refractivity contribution in [1.82, 2.24) is 4.90 Å². The van der Waals surface area contributed by atoms with Crippen LogP contribution in [0.2, 0.25) is 0 Å². The zero-order valence-corrected chi connectivity index (χ0v) is 11.6. The van der Waals surface area contributed by atoms with Crippen LogP contribution >= 0.6 is 0 Å². The van der Waals surface area contributed by atoms with E-state index in [1.165, 1.54) is 18.2 Å². The molecule has 2 rings (SSSR count). The molecule has 1 amide bonds. The van der Waals surface area contributed by atoms with Gasteiger partial charge < -0.3 is 10.6 Å². The third-order valence-electron chi connectivity index (χ3n) is 3.02. The van der Waals surface area contributed by atoms with Gasteiger partial charge in [0, 0.05) is 24.8 Å². The summed E-state index contributed by atoms with van der Waals surface area (Å²) in [6, 6.07) is 11.8. The molecule has 0 bridgehead atoms. The predicted octanol–water partition coefficient (Wildman–Crippen LogP) is 2.99. The van der Waals surface area contributed by atoms with Gasteiger partial charge in [-0.1, -0.05) is 29.8 Å². The number of benzene rings is 2. The van der Waals surface area contributed by atoms with Crippen molar-refractivity contribution in [3.63, 3.8) is 0 Å². The highest BCUT2D eigenvalue weighted by Gasteiger charge is 2.13. The number of hydrogen-bond donors (Lipinski definition) is 1. The second-order valence-electron chi connectivity index (χ2n) is 4.92. The van der Waals surface area contributed by atoms with Crippen LogP contribution in [0, 0.1) is 12.7 Å². The number of halogens is 1. The summed E-state index contributed by atoms with van der Waals surface area (Å²) in [5.74, 6) is -0.755. The lowest BCUT2D eigenvalue weighted by molar-refractivity contribution is 0.0784. The van der Waals surface area contributed by atoms with Crippen LogP contribution in [-0.4, -0.2) is 17.9 Å². The molecule has 104 valence electrons. The molecule has 0 saturated carbocycles. The van der Waals surface area contributed by atoms with Crippen molar-refractivity contribution >= 4 is 11.6 Å². The average Bonchev–Trinajstić information content (AvgIpc) is 2.36. The molecule has 0 spiro atoms. The fraction of sp³-hybridized carbons (Fsp3) is 0.188. The van der Waals surface area contributed by atoms with Crippen LogP contribution in [0.15, 0.2) is 42.5 Å². The van der Waals surface area contributed by atoms with E-state index in [-0.39, 0.29) is 17.2 Å². The van der Waals surface area contributed by atoms with Gasteiger partial charge in [-0.3, -0.25) is 4.79 Å². The number of carbonyl (C=O) groups is 1. The third-order valence-corrected chi connectivity index (χ3v) is 3.02. The molecule has 3 nitrogen and oxygen atoms in total. The highest BCUT2D eigenvalue weighted by molar-refractivity contribution is 5.94. The van der Waals surface area contributed by atoms with Crippen LogP contribution in [0.3, 0.4) is 0 Å². The molecule has 0 fully saturated rings. The quantitative estimate of drug-likeness (QED) is 0.873. The van der Waals surface area contributed by atoms with Gasteiger partial charge in [-0.2, -0.15) is 0 Å². The van der Waals surface area contributed by atoms with Crippen molar-refractivity contribution in [1.29, 1.82) is 0 Å². The summed E-state index contributed by atoms with van der Waals surface area (Å²) in [6.07, 6.45) is 0. The predicted molar refractivity (Wildman–Crippen MR) is 77.8 cm³/mol. The Morgan fingerprint density at radius 3 is 2.65 bits per heavy atom. The van der Waals surface area contributed by atoms with Crippen LogP contribution < -0.4 is 5.73 Å². The van der Waals surface area contributed by atoms with E-state index >= 15 is 0 Å². The summed E-state index contributed by atoms with van der Waals surface area (Å²) >= 11 is 0. The van der Waals surface area contributed by atoms with E-state index in [0.717, 1.165) is 11.1 Å². The average molecular weight is 272 g/mol. The second-order valence-corrected chi connectivity index (χ2v) is 4.92. The maximum atomic E-state index is 13.3. The third kappa shape index (κ3) is 3.35. The van der Waals surface area contributed by atoms with Crippen LogP contribution in [0.1, 0.15) is 21.5 Å². The molecule has 4 heteroatoms. The van der Waals surface area contributed by atoms with E-state index in [2.05, 4.69) is 0 Å². The Balaban J connectivity index is 2.16. The lowest BCUT2D eigenvalue weighted by Crippen LogP contribution is -2.26. The summed E-state index contributed by atoms with van der Waals surface area (Å²) in [4.78, 5) is 13.8. The maximum absolute atomic E-state index is 13.3. The van der Waals surface area contributed by atoms with Crippen LogP contribution in [0.5, 0.6) is 0 Å². The monoisotopic (exact) mass is 272 g/mol. The number of nitrogens with two attached hydrogens (primary N) is 1. The van der Waals surface area contributed by atoms with E-state index in [1.807, 2.05) is 31.2 Å². The Kier molecular flexibility index (Phi) is 4.03. The molecular weight excluding hydrogens is 255 g/mol. The lowest BCUT2D eigenvalue weighted by atomic mass is 10.1. The van der Waals surface area contributed by atoms with Crippen molar-refractivity contribution in [3.8, 4) is 0 Å². The van der Waals surface area contributed by atoms with Crippen molar-refractivity contribution in [2.75, 3.05) is 12.8 Å². The highest BCUT2D eigenvalue weighted by atomic mass is 19.1. The number of amides is 1. The molecule has 0 aliphatic carbocycles. The van der Waals surface area contributed by atoms with Crippen LogP contribution in [-0.2, 0) is 6.54 Å². The van der Waals surface area contributed by atoms with Crippen molar-refractivity contribution in [2.45, 2.75) is 13.5 Å². The number of nitrogens with zero attached hydrogens (tertiary/aromatic N) is 1. The molecule has 2 aromatic carbocycles. The standard InChI is InChI=1S/C16H17FN2O/c1-11-4-3-5-12(6-11)10-19(2)16(20)13-7-14(17)9-15(18)8-13/h3-9H,10,18H2,1-2H3. The Bertz CT molecular complexity index is 620. The number of aryl methyl sites for hydroxylation is 1. The van der Waals surface area contributed by atoms with Crippen molar-refractivity contribution < 1.29 is 9.18 Å². The fourth-order valence-electron chi connectivity index (χ4n) is 2.11. The van der Waals surface area contributed by atoms with Gasteiger partial charge in [0.1, 0.15) is 5.82 Å². The second kappa shape index (κ2) is 5.74. The molecule has 0 unspecified atom stereocenters. The minimum absolute atomic E-state index is 0.248. The molecule has 0 radical (unpaired) electrons. The van der Waals surface area contributed by atoms with E-state index in [4.69, 9.17) is 5.73 Å². The zero-order chi connectivity index (χ0) is 14.7. The summed E-state index contributed by atoms with van der Waals surface area (Å²) in [6.45, 7) is 2.47. The normalized spacial score (nSPS) is 10.3. The number of nitrogen functional groups attached to an aromatic ring is 1. The molecule has 20 heavy (non-hydrogen) atoms. The fourth-order valence-corrected chi connectivity index (χ4v) is 2.11. The van der Waals surface area contributed by atoms with Gasteiger partial charge in [-0.25, -0.2) is 4.39 Å². The van der Waals surface area contributed by atoms with Crippen molar-refractivity contribution in [3.05, 3.63) is 65.0 Å². The first-order chi connectivity index (χ1) is 9.45. The lowest BCUT2D eigenvalue weighted by Gasteiger charge is -2.18. The first kappa shape index (κ1) is 14.1. The van der Waals surface area contributed by atoms with Gasteiger partial charge in [-0.15, -0.1) is 0 Å². The van der Waals surface area contributed by atoms with E-state index in [0.29, 0.717) is 6.54 Å². The Morgan fingerprint density at radius 1 is 1.25 bits per heavy atom. The Labute approximate surface area is 117 Å². The van der Waals surface area contributed by atoms with E-state index in [9.17, 15) is 9.18 Å². The van der Waals surface area contributed by atoms with Crippen LogP contribution in [0.4, 0.5) is 10.1 Å². The number of hydrogen-bond acceptors (Lipinski definition) is 2. The number of carbonyl (C=O) groups excluding carboxylic acids is 1. The van der Waals surface area contributed by atoms with E-state index < -0.39 is 5.82 Å². The number of rotatable bonds is 3. The molecule has 2 N–H and O–H groups in total. The minimum Gasteiger partial charge on any atom is -0.399 e. The summed E-state index contributed by atoms with van der Waals surface area (Å²) in [7, 11) is 1.69. The topological polar surface area (TPSA) is 46.3 Å². The molecule has 0 aliphatic rings. The first-order valence-corrected chi connectivity index (χ1v) is 6.33. The van der Waals surface area contributed by atoms with E-state index in [1.54, 1.807) is 11.9 Å². The van der Waals surface area contributed by atoms with Gasteiger partial charge in [0.2, 0.25) is 0 Å². The Hall–Kier alpha value is -2.36. The smallest absolute Gasteiger partial charge is 0.254 e. The summed E-state index contributed by atoms with van der Waals surface area (Å²) in [5.41, 5.74) is 8.24. The van der Waals surface area contributed by atoms with Gasteiger partial charge in [0.05, 0.1) is 0 Å². The first-order valence-electron chi connectivity index (χ1n) is 6.33. The summed E-state index contributed by atoms with van der Waals surface area (Å²) < 4.78 is 13.3. The number of anilines is 1. The largest absolute Gasteiger partial charge is 0.399 e. The minimum atomic E-state index is -0.502. The molecular formula is C16H17FN2O. The Morgan fingerprint density at radius 2 is 2.00 bits per heavy atom. The van der Waals surface area contributed by atoms with Crippen molar-refractivity contribution in [2.24, 2.45) is 0 Å². The van der Waals surface area contributed by atoms with Gasteiger partial charge >= 0.3 is 0 Å². The highest BCUT2D eigenvalue weighted by Crippen LogP contribution is 2.14. The molecule has 0 atom stereocenters. The van der Waals surface area contributed by atoms with Crippen LogP contribution in [0.25, 0.3) is 0 Å². The van der Waals surface area contributed by atoms with Gasteiger partial charge in [0.15, 0.2) is 0 Å². The molecule has 0 heterocycles. The van der Waals surface area contributed by atoms with Gasteiger partial charge in [-0.05, 0) is 30.7 Å². The molecule has 0 aliphatic heterocycles.